The normalized spacial score (nSPS) is 10.6. The van der Waals surface area contributed by atoms with Crippen LogP contribution in [0.1, 0.15) is 15.9 Å². The van der Waals surface area contributed by atoms with Gasteiger partial charge in [0, 0.05) is 16.8 Å². The van der Waals surface area contributed by atoms with Crippen molar-refractivity contribution in [1.82, 2.24) is 0 Å². The van der Waals surface area contributed by atoms with Gasteiger partial charge in [0.2, 0.25) is 5.91 Å². The van der Waals surface area contributed by atoms with Crippen LogP contribution in [0.3, 0.4) is 0 Å². The maximum Gasteiger partial charge on any atom is 0.339 e. The summed E-state index contributed by atoms with van der Waals surface area (Å²) in [5.41, 5.74) is 1.48. The first-order chi connectivity index (χ1) is 11.0. The summed E-state index contributed by atoms with van der Waals surface area (Å²) in [6.45, 7) is 0. The highest BCUT2D eigenvalue weighted by atomic mass is 35.5. The smallest absolute Gasteiger partial charge is 0.339 e. The zero-order chi connectivity index (χ0) is 16.8. The van der Waals surface area contributed by atoms with E-state index in [0.717, 1.165) is 5.56 Å². The summed E-state index contributed by atoms with van der Waals surface area (Å²) in [5, 5.41) is 3.54. The summed E-state index contributed by atoms with van der Waals surface area (Å²) in [6.07, 6.45) is 3.04. The van der Waals surface area contributed by atoms with Gasteiger partial charge in [-0.15, -0.1) is 0 Å². The monoisotopic (exact) mass is 349 g/mol. The van der Waals surface area contributed by atoms with E-state index in [1.807, 2.05) is 0 Å². The first-order valence-electron chi connectivity index (χ1n) is 6.62. The SMILES string of the molecule is COC(=O)c1cc(NC(=O)/C=C/c2ccc(Cl)cc2)ccc1Cl. The van der Waals surface area contributed by atoms with Crippen LogP contribution in [0.2, 0.25) is 10.0 Å². The first-order valence-corrected chi connectivity index (χ1v) is 7.37. The van der Waals surface area contributed by atoms with Crippen molar-refractivity contribution in [3.05, 3.63) is 69.7 Å². The molecule has 0 saturated carbocycles. The Labute approximate surface area is 143 Å². The molecule has 0 radical (unpaired) electrons. The number of rotatable bonds is 4. The first kappa shape index (κ1) is 17.1. The topological polar surface area (TPSA) is 55.4 Å². The van der Waals surface area contributed by atoms with Gasteiger partial charge in [0.1, 0.15) is 0 Å². The lowest BCUT2D eigenvalue weighted by Crippen LogP contribution is -2.09. The molecule has 0 atom stereocenters. The van der Waals surface area contributed by atoms with Gasteiger partial charge in [-0.1, -0.05) is 35.3 Å². The lowest BCUT2D eigenvalue weighted by atomic mass is 10.2. The van der Waals surface area contributed by atoms with Crippen LogP contribution >= 0.6 is 23.2 Å². The lowest BCUT2D eigenvalue weighted by Gasteiger charge is -2.06. The second kappa shape index (κ2) is 7.81. The van der Waals surface area contributed by atoms with Gasteiger partial charge in [-0.3, -0.25) is 4.79 Å². The van der Waals surface area contributed by atoms with E-state index in [4.69, 9.17) is 23.2 Å². The highest BCUT2D eigenvalue weighted by molar-refractivity contribution is 6.33. The zero-order valence-electron chi connectivity index (χ0n) is 12.2. The van der Waals surface area contributed by atoms with E-state index in [9.17, 15) is 9.59 Å². The van der Waals surface area contributed by atoms with Crippen molar-refractivity contribution in [2.45, 2.75) is 0 Å². The molecule has 23 heavy (non-hydrogen) atoms. The Kier molecular flexibility index (Phi) is 5.79. The van der Waals surface area contributed by atoms with E-state index >= 15 is 0 Å². The number of carbonyl (C=O) groups is 2. The van der Waals surface area contributed by atoms with Gasteiger partial charge >= 0.3 is 5.97 Å². The van der Waals surface area contributed by atoms with Gasteiger partial charge < -0.3 is 10.1 Å². The van der Waals surface area contributed by atoms with Crippen molar-refractivity contribution in [1.29, 1.82) is 0 Å². The molecule has 0 saturated heterocycles. The number of carbonyl (C=O) groups excluding carboxylic acids is 2. The van der Waals surface area contributed by atoms with Gasteiger partial charge in [-0.25, -0.2) is 4.79 Å². The van der Waals surface area contributed by atoms with Crippen LogP contribution in [0.4, 0.5) is 5.69 Å². The second-order valence-corrected chi connectivity index (χ2v) is 5.40. The van der Waals surface area contributed by atoms with Gasteiger partial charge in [-0.2, -0.15) is 0 Å². The number of benzene rings is 2. The summed E-state index contributed by atoms with van der Waals surface area (Å²) >= 11 is 11.7. The molecule has 118 valence electrons. The average Bonchev–Trinajstić information content (AvgIpc) is 2.55. The standard InChI is InChI=1S/C17H13Cl2NO3/c1-23-17(22)14-10-13(7-8-15(14)19)20-16(21)9-4-11-2-5-12(18)6-3-11/h2-10H,1H3,(H,20,21)/b9-4+. The lowest BCUT2D eigenvalue weighted by molar-refractivity contribution is -0.111. The van der Waals surface area contributed by atoms with Crippen molar-refractivity contribution in [2.24, 2.45) is 0 Å². The van der Waals surface area contributed by atoms with E-state index in [1.54, 1.807) is 36.4 Å². The Morgan fingerprint density at radius 2 is 1.78 bits per heavy atom. The third kappa shape index (κ3) is 4.84. The predicted octanol–water partition coefficient (Wildman–Crippen LogP) is 4.43. The molecule has 6 heteroatoms. The van der Waals surface area contributed by atoms with Crippen LogP contribution in [0.25, 0.3) is 6.08 Å². The third-order valence-electron chi connectivity index (χ3n) is 2.94. The second-order valence-electron chi connectivity index (χ2n) is 4.56. The molecule has 0 fully saturated rings. The molecule has 2 rings (SSSR count). The zero-order valence-corrected chi connectivity index (χ0v) is 13.7. The summed E-state index contributed by atoms with van der Waals surface area (Å²) < 4.78 is 4.63. The quantitative estimate of drug-likeness (QED) is 0.656. The minimum absolute atomic E-state index is 0.189. The number of esters is 1. The minimum Gasteiger partial charge on any atom is -0.465 e. The van der Waals surface area contributed by atoms with Crippen molar-refractivity contribution in [3.8, 4) is 0 Å². The predicted molar refractivity (Wildman–Crippen MR) is 91.9 cm³/mol. The van der Waals surface area contributed by atoms with Gasteiger partial charge in [0.05, 0.1) is 17.7 Å². The average molecular weight is 350 g/mol. The van der Waals surface area contributed by atoms with E-state index in [-0.39, 0.29) is 16.5 Å². The molecule has 0 bridgehead atoms. The molecule has 0 spiro atoms. The van der Waals surface area contributed by atoms with Crippen LogP contribution < -0.4 is 5.32 Å². The fourth-order valence-corrected chi connectivity index (χ4v) is 2.12. The highest BCUT2D eigenvalue weighted by Gasteiger charge is 2.11. The highest BCUT2D eigenvalue weighted by Crippen LogP contribution is 2.21. The van der Waals surface area contributed by atoms with Crippen LogP contribution in [-0.2, 0) is 9.53 Å². The number of anilines is 1. The van der Waals surface area contributed by atoms with Gasteiger partial charge in [0.15, 0.2) is 0 Å². The molecule has 1 amide bonds. The molecule has 2 aromatic carbocycles. The maximum atomic E-state index is 11.9. The number of nitrogens with one attached hydrogen (secondary N) is 1. The van der Waals surface area contributed by atoms with Crippen LogP contribution in [0.5, 0.6) is 0 Å². The Balaban J connectivity index is 2.08. The third-order valence-corrected chi connectivity index (χ3v) is 3.52. The van der Waals surface area contributed by atoms with E-state index < -0.39 is 5.97 Å². The van der Waals surface area contributed by atoms with Crippen molar-refractivity contribution in [3.63, 3.8) is 0 Å². The van der Waals surface area contributed by atoms with E-state index in [1.165, 1.54) is 25.3 Å². The molecule has 2 aromatic rings. The fraction of sp³-hybridized carbons (Fsp3) is 0.0588. The summed E-state index contributed by atoms with van der Waals surface area (Å²) in [7, 11) is 1.26. The number of ether oxygens (including phenoxy) is 1. The Bertz CT molecular complexity index is 755. The Morgan fingerprint density at radius 1 is 1.09 bits per heavy atom. The molecule has 0 aliphatic rings. The molecular weight excluding hydrogens is 337 g/mol. The van der Waals surface area contributed by atoms with Crippen molar-refractivity contribution in [2.75, 3.05) is 12.4 Å². The number of methoxy groups -OCH3 is 1. The largest absolute Gasteiger partial charge is 0.465 e. The fourth-order valence-electron chi connectivity index (χ4n) is 1.80. The van der Waals surface area contributed by atoms with E-state index in [0.29, 0.717) is 10.7 Å². The molecule has 0 aromatic heterocycles. The van der Waals surface area contributed by atoms with E-state index in [2.05, 4.69) is 10.1 Å². The molecule has 4 nitrogen and oxygen atoms in total. The minimum atomic E-state index is -0.567. The van der Waals surface area contributed by atoms with Crippen molar-refractivity contribution >= 4 is 46.8 Å². The molecule has 0 heterocycles. The molecule has 0 unspecified atom stereocenters. The summed E-state index contributed by atoms with van der Waals surface area (Å²) in [5.74, 6) is -0.902. The van der Waals surface area contributed by atoms with Crippen LogP contribution in [0.15, 0.2) is 48.5 Å². The number of hydrogen-bond acceptors (Lipinski definition) is 3. The Morgan fingerprint density at radius 3 is 2.43 bits per heavy atom. The van der Waals surface area contributed by atoms with Crippen LogP contribution in [-0.4, -0.2) is 19.0 Å². The molecule has 0 aliphatic carbocycles. The number of halogens is 2. The molecular formula is C17H13Cl2NO3. The summed E-state index contributed by atoms with van der Waals surface area (Å²) in [4.78, 5) is 23.5. The van der Waals surface area contributed by atoms with Crippen molar-refractivity contribution < 1.29 is 14.3 Å². The maximum absolute atomic E-state index is 11.9. The number of amides is 1. The molecule has 0 aliphatic heterocycles. The Hall–Kier alpha value is -2.30. The van der Waals surface area contributed by atoms with Gasteiger partial charge in [0.25, 0.3) is 0 Å². The van der Waals surface area contributed by atoms with Gasteiger partial charge in [-0.05, 0) is 42.0 Å². The number of hydrogen-bond donors (Lipinski definition) is 1. The summed E-state index contributed by atoms with van der Waals surface area (Å²) in [6, 6.07) is 11.6. The molecule has 1 N–H and O–H groups in total. The van der Waals surface area contributed by atoms with Crippen LogP contribution in [0, 0.1) is 0 Å².